The molecule has 0 radical (unpaired) electrons. The standard InChI is InChI=1S/C13H23NO/c1-6-10-8-9-11(15-10)12(14-5)13(3,4)7-2/h8-9,12,14H,6-7H2,1-5H3. The largest absolute Gasteiger partial charge is 0.464 e. The number of nitrogens with one attached hydrogen (secondary N) is 1. The number of rotatable bonds is 5. The maximum atomic E-state index is 5.81. The molecular weight excluding hydrogens is 186 g/mol. The summed E-state index contributed by atoms with van der Waals surface area (Å²) in [6.45, 7) is 8.86. The highest BCUT2D eigenvalue weighted by Crippen LogP contribution is 2.36. The van der Waals surface area contributed by atoms with Gasteiger partial charge in [-0.2, -0.15) is 0 Å². The number of hydrogen-bond donors (Lipinski definition) is 1. The Hall–Kier alpha value is -0.760. The van der Waals surface area contributed by atoms with Crippen molar-refractivity contribution in [2.75, 3.05) is 7.05 Å². The van der Waals surface area contributed by atoms with Crippen LogP contribution in [0.15, 0.2) is 16.5 Å². The monoisotopic (exact) mass is 209 g/mol. The lowest BCUT2D eigenvalue weighted by Crippen LogP contribution is -2.31. The molecule has 1 heterocycles. The lowest BCUT2D eigenvalue weighted by atomic mass is 9.81. The van der Waals surface area contributed by atoms with Gasteiger partial charge in [0.25, 0.3) is 0 Å². The predicted molar refractivity (Wildman–Crippen MR) is 64.0 cm³/mol. The molecule has 0 saturated carbocycles. The molecule has 15 heavy (non-hydrogen) atoms. The van der Waals surface area contributed by atoms with Crippen LogP contribution in [0.4, 0.5) is 0 Å². The zero-order chi connectivity index (χ0) is 11.5. The van der Waals surface area contributed by atoms with Crippen molar-refractivity contribution in [3.05, 3.63) is 23.7 Å². The fraction of sp³-hybridized carbons (Fsp3) is 0.692. The van der Waals surface area contributed by atoms with Gasteiger partial charge in [0.1, 0.15) is 11.5 Å². The molecule has 1 aromatic heterocycles. The van der Waals surface area contributed by atoms with Gasteiger partial charge in [-0.1, -0.05) is 27.7 Å². The fourth-order valence-electron chi connectivity index (χ4n) is 1.86. The first-order valence-electron chi connectivity index (χ1n) is 5.81. The highest BCUT2D eigenvalue weighted by molar-refractivity contribution is 5.13. The minimum absolute atomic E-state index is 0.220. The molecule has 0 aromatic carbocycles. The van der Waals surface area contributed by atoms with Crippen LogP contribution < -0.4 is 5.32 Å². The lowest BCUT2D eigenvalue weighted by Gasteiger charge is -2.31. The van der Waals surface area contributed by atoms with Crippen molar-refractivity contribution in [3.8, 4) is 0 Å². The van der Waals surface area contributed by atoms with Crippen LogP contribution in [0.1, 0.15) is 51.7 Å². The Balaban J connectivity index is 2.92. The summed E-state index contributed by atoms with van der Waals surface area (Å²) in [7, 11) is 2.00. The van der Waals surface area contributed by atoms with E-state index >= 15 is 0 Å². The van der Waals surface area contributed by atoms with E-state index in [1.807, 2.05) is 7.05 Å². The smallest absolute Gasteiger partial charge is 0.121 e. The van der Waals surface area contributed by atoms with Gasteiger partial charge in [0.2, 0.25) is 0 Å². The molecule has 0 aliphatic carbocycles. The Bertz CT molecular complexity index is 301. The third-order valence-electron chi connectivity index (χ3n) is 3.30. The van der Waals surface area contributed by atoms with E-state index in [0.717, 1.165) is 24.4 Å². The van der Waals surface area contributed by atoms with Gasteiger partial charge in [0, 0.05) is 6.42 Å². The predicted octanol–water partition coefficient (Wildman–Crippen LogP) is 3.54. The van der Waals surface area contributed by atoms with Crippen molar-refractivity contribution >= 4 is 0 Å². The summed E-state index contributed by atoms with van der Waals surface area (Å²) in [5, 5.41) is 3.35. The van der Waals surface area contributed by atoms with Crippen molar-refractivity contribution < 1.29 is 4.42 Å². The van der Waals surface area contributed by atoms with Crippen LogP contribution in [0.25, 0.3) is 0 Å². The molecule has 1 unspecified atom stereocenters. The molecule has 0 aliphatic heterocycles. The molecule has 86 valence electrons. The van der Waals surface area contributed by atoms with Crippen LogP contribution in [0, 0.1) is 5.41 Å². The van der Waals surface area contributed by atoms with Crippen molar-refractivity contribution in [1.29, 1.82) is 0 Å². The Labute approximate surface area is 93.1 Å². The normalized spacial score (nSPS) is 14.2. The minimum Gasteiger partial charge on any atom is -0.464 e. The second kappa shape index (κ2) is 4.84. The molecule has 0 aliphatic rings. The van der Waals surface area contributed by atoms with Crippen molar-refractivity contribution in [2.24, 2.45) is 5.41 Å². The van der Waals surface area contributed by atoms with Crippen molar-refractivity contribution in [1.82, 2.24) is 5.32 Å². The van der Waals surface area contributed by atoms with Gasteiger partial charge in [-0.3, -0.25) is 0 Å². The van der Waals surface area contributed by atoms with Crippen molar-refractivity contribution in [3.63, 3.8) is 0 Å². The van der Waals surface area contributed by atoms with Crippen LogP contribution in [-0.4, -0.2) is 7.05 Å². The van der Waals surface area contributed by atoms with Gasteiger partial charge >= 0.3 is 0 Å². The molecule has 0 saturated heterocycles. The van der Waals surface area contributed by atoms with Crippen LogP contribution in [0.5, 0.6) is 0 Å². The molecule has 0 bridgehead atoms. The van der Waals surface area contributed by atoms with E-state index in [2.05, 4.69) is 45.1 Å². The molecule has 1 rings (SSSR count). The van der Waals surface area contributed by atoms with Gasteiger partial charge in [0.15, 0.2) is 0 Å². The Kier molecular flexibility index (Phi) is 3.97. The van der Waals surface area contributed by atoms with Crippen LogP contribution in [-0.2, 0) is 6.42 Å². The Morgan fingerprint density at radius 1 is 1.33 bits per heavy atom. The Morgan fingerprint density at radius 2 is 2.00 bits per heavy atom. The summed E-state index contributed by atoms with van der Waals surface area (Å²) in [5.74, 6) is 2.12. The summed E-state index contributed by atoms with van der Waals surface area (Å²) >= 11 is 0. The van der Waals surface area contributed by atoms with Gasteiger partial charge in [-0.15, -0.1) is 0 Å². The Morgan fingerprint density at radius 3 is 2.40 bits per heavy atom. The highest BCUT2D eigenvalue weighted by Gasteiger charge is 2.30. The summed E-state index contributed by atoms with van der Waals surface area (Å²) in [5.41, 5.74) is 0.220. The molecule has 1 N–H and O–H groups in total. The van der Waals surface area contributed by atoms with E-state index in [0.29, 0.717) is 6.04 Å². The number of furan rings is 1. The molecule has 0 amide bonds. The maximum Gasteiger partial charge on any atom is 0.121 e. The zero-order valence-corrected chi connectivity index (χ0v) is 10.6. The summed E-state index contributed by atoms with van der Waals surface area (Å²) in [6.07, 6.45) is 2.09. The first kappa shape index (κ1) is 12.3. The third kappa shape index (κ3) is 2.63. The van der Waals surface area contributed by atoms with E-state index in [9.17, 15) is 0 Å². The summed E-state index contributed by atoms with van der Waals surface area (Å²) < 4.78 is 5.81. The average Bonchev–Trinajstić information content (AvgIpc) is 2.67. The molecule has 1 aromatic rings. The third-order valence-corrected chi connectivity index (χ3v) is 3.30. The van der Waals surface area contributed by atoms with Gasteiger partial charge in [0.05, 0.1) is 6.04 Å². The van der Waals surface area contributed by atoms with Gasteiger partial charge in [-0.25, -0.2) is 0 Å². The minimum atomic E-state index is 0.220. The molecule has 0 fully saturated rings. The van der Waals surface area contributed by atoms with Gasteiger partial charge < -0.3 is 9.73 Å². The molecule has 0 spiro atoms. The second-order valence-corrected chi connectivity index (χ2v) is 4.72. The van der Waals surface area contributed by atoms with Crippen LogP contribution in [0.2, 0.25) is 0 Å². The zero-order valence-electron chi connectivity index (χ0n) is 10.6. The second-order valence-electron chi connectivity index (χ2n) is 4.72. The lowest BCUT2D eigenvalue weighted by molar-refractivity contribution is 0.213. The summed E-state index contributed by atoms with van der Waals surface area (Å²) in [4.78, 5) is 0. The van der Waals surface area contributed by atoms with E-state index in [1.165, 1.54) is 0 Å². The van der Waals surface area contributed by atoms with E-state index < -0.39 is 0 Å². The van der Waals surface area contributed by atoms with Crippen LogP contribution >= 0.6 is 0 Å². The molecule has 1 atom stereocenters. The maximum absolute atomic E-state index is 5.81. The van der Waals surface area contributed by atoms with Crippen LogP contribution in [0.3, 0.4) is 0 Å². The molecule has 2 heteroatoms. The fourth-order valence-corrected chi connectivity index (χ4v) is 1.86. The molecular formula is C13H23NO. The average molecular weight is 209 g/mol. The number of hydrogen-bond acceptors (Lipinski definition) is 2. The van der Waals surface area contributed by atoms with E-state index in [-0.39, 0.29) is 5.41 Å². The first-order chi connectivity index (χ1) is 7.05. The molecule has 2 nitrogen and oxygen atoms in total. The SMILES string of the molecule is CCc1ccc(C(NC)C(C)(C)CC)o1. The van der Waals surface area contributed by atoms with E-state index in [1.54, 1.807) is 0 Å². The van der Waals surface area contributed by atoms with E-state index in [4.69, 9.17) is 4.42 Å². The topological polar surface area (TPSA) is 25.2 Å². The quantitative estimate of drug-likeness (QED) is 0.802. The van der Waals surface area contributed by atoms with Gasteiger partial charge in [-0.05, 0) is 31.0 Å². The highest BCUT2D eigenvalue weighted by atomic mass is 16.3. The summed E-state index contributed by atoms with van der Waals surface area (Å²) in [6, 6.07) is 4.46. The first-order valence-corrected chi connectivity index (χ1v) is 5.81. The van der Waals surface area contributed by atoms with Crippen molar-refractivity contribution in [2.45, 2.75) is 46.6 Å². The number of aryl methyl sites for hydroxylation is 1.